The smallest absolute Gasteiger partial charge is 0.130 e. The van der Waals surface area contributed by atoms with Crippen LogP contribution in [0.15, 0.2) is 28.7 Å². The van der Waals surface area contributed by atoms with E-state index in [1.54, 1.807) is 0 Å². The second kappa shape index (κ2) is 4.18. The van der Waals surface area contributed by atoms with E-state index in [1.807, 2.05) is 12.1 Å². The van der Waals surface area contributed by atoms with Crippen molar-refractivity contribution in [2.24, 2.45) is 0 Å². The lowest BCUT2D eigenvalue weighted by Crippen LogP contribution is -1.91. The lowest BCUT2D eigenvalue weighted by Gasteiger charge is -2.13. The summed E-state index contributed by atoms with van der Waals surface area (Å²) >= 11 is 3.28. The van der Waals surface area contributed by atoms with Crippen LogP contribution >= 0.6 is 15.9 Å². The van der Waals surface area contributed by atoms with Gasteiger partial charge in [0.15, 0.2) is 0 Å². The molecule has 0 heterocycles. The molecule has 0 radical (unpaired) electrons. The number of phenolic OH excluding ortho intramolecular Hbond substituents is 1. The van der Waals surface area contributed by atoms with Gasteiger partial charge in [0.2, 0.25) is 0 Å². The SMILES string of the molecule is Oc1cc(C2=CCCCC2)ccc1Br. The molecule has 0 fully saturated rings. The van der Waals surface area contributed by atoms with Crippen LogP contribution in [0.25, 0.3) is 5.57 Å². The molecule has 1 aromatic rings. The molecule has 1 aliphatic rings. The number of halogens is 1. The van der Waals surface area contributed by atoms with Crippen LogP contribution in [0, 0.1) is 0 Å². The molecule has 0 atom stereocenters. The Morgan fingerprint density at radius 2 is 2.07 bits per heavy atom. The van der Waals surface area contributed by atoms with Gasteiger partial charge in [-0.1, -0.05) is 12.1 Å². The lowest BCUT2D eigenvalue weighted by atomic mass is 9.94. The van der Waals surface area contributed by atoms with Gasteiger partial charge >= 0.3 is 0 Å². The van der Waals surface area contributed by atoms with Crippen molar-refractivity contribution in [1.29, 1.82) is 0 Å². The fourth-order valence-electron chi connectivity index (χ4n) is 1.81. The molecule has 0 saturated carbocycles. The normalized spacial score (nSPS) is 16.5. The number of aromatic hydroxyl groups is 1. The highest BCUT2D eigenvalue weighted by Crippen LogP contribution is 2.31. The fourth-order valence-corrected chi connectivity index (χ4v) is 2.06. The van der Waals surface area contributed by atoms with E-state index >= 15 is 0 Å². The van der Waals surface area contributed by atoms with E-state index in [0.29, 0.717) is 5.75 Å². The van der Waals surface area contributed by atoms with Gasteiger partial charge in [0.05, 0.1) is 4.47 Å². The van der Waals surface area contributed by atoms with Crippen molar-refractivity contribution in [2.75, 3.05) is 0 Å². The molecule has 1 nitrogen and oxygen atoms in total. The van der Waals surface area contributed by atoms with Crippen molar-refractivity contribution in [2.45, 2.75) is 25.7 Å². The Morgan fingerprint density at radius 3 is 2.71 bits per heavy atom. The Bertz CT molecular complexity index is 369. The Kier molecular flexibility index (Phi) is 2.92. The second-order valence-corrected chi connectivity index (χ2v) is 4.50. The van der Waals surface area contributed by atoms with Gasteiger partial charge in [-0.05, 0) is 64.9 Å². The van der Waals surface area contributed by atoms with Crippen molar-refractivity contribution >= 4 is 21.5 Å². The van der Waals surface area contributed by atoms with E-state index in [4.69, 9.17) is 0 Å². The minimum atomic E-state index is 0.328. The summed E-state index contributed by atoms with van der Waals surface area (Å²) in [7, 11) is 0. The van der Waals surface area contributed by atoms with Crippen LogP contribution in [-0.4, -0.2) is 5.11 Å². The second-order valence-electron chi connectivity index (χ2n) is 3.64. The number of allylic oxidation sites excluding steroid dienone is 2. The summed E-state index contributed by atoms with van der Waals surface area (Å²) in [5, 5.41) is 9.56. The molecule has 14 heavy (non-hydrogen) atoms. The molecule has 2 rings (SSSR count). The molecular weight excluding hydrogens is 240 g/mol. The van der Waals surface area contributed by atoms with Gasteiger partial charge in [0.1, 0.15) is 5.75 Å². The van der Waals surface area contributed by atoms with Gasteiger partial charge in [0.25, 0.3) is 0 Å². The van der Waals surface area contributed by atoms with E-state index in [1.165, 1.54) is 24.8 Å². The zero-order chi connectivity index (χ0) is 9.97. The first-order chi connectivity index (χ1) is 6.77. The summed E-state index contributed by atoms with van der Waals surface area (Å²) in [6.45, 7) is 0. The molecule has 0 saturated heterocycles. The van der Waals surface area contributed by atoms with Crippen molar-refractivity contribution in [3.05, 3.63) is 34.3 Å². The highest BCUT2D eigenvalue weighted by Gasteiger charge is 2.07. The van der Waals surface area contributed by atoms with E-state index in [-0.39, 0.29) is 0 Å². The number of benzene rings is 1. The van der Waals surface area contributed by atoms with Crippen molar-refractivity contribution in [3.8, 4) is 5.75 Å². The summed E-state index contributed by atoms with van der Waals surface area (Å²) in [5.41, 5.74) is 2.53. The summed E-state index contributed by atoms with van der Waals surface area (Å²) in [5.74, 6) is 0.328. The summed E-state index contributed by atoms with van der Waals surface area (Å²) in [6, 6.07) is 5.79. The van der Waals surface area contributed by atoms with Crippen molar-refractivity contribution in [3.63, 3.8) is 0 Å². The van der Waals surface area contributed by atoms with Gasteiger partial charge in [0, 0.05) is 0 Å². The van der Waals surface area contributed by atoms with Crippen molar-refractivity contribution in [1.82, 2.24) is 0 Å². The zero-order valence-corrected chi connectivity index (χ0v) is 9.55. The highest BCUT2D eigenvalue weighted by atomic mass is 79.9. The Morgan fingerprint density at radius 1 is 1.21 bits per heavy atom. The predicted octanol–water partition coefficient (Wildman–Crippen LogP) is 4.11. The third kappa shape index (κ3) is 2.01. The van der Waals surface area contributed by atoms with Crippen LogP contribution in [0.4, 0.5) is 0 Å². The van der Waals surface area contributed by atoms with Gasteiger partial charge in [-0.2, -0.15) is 0 Å². The zero-order valence-electron chi connectivity index (χ0n) is 7.96. The molecule has 0 aromatic heterocycles. The van der Waals surface area contributed by atoms with Gasteiger partial charge < -0.3 is 5.11 Å². The average molecular weight is 253 g/mol. The molecule has 0 aliphatic heterocycles. The lowest BCUT2D eigenvalue weighted by molar-refractivity contribution is 0.471. The highest BCUT2D eigenvalue weighted by molar-refractivity contribution is 9.10. The predicted molar refractivity (Wildman–Crippen MR) is 62.3 cm³/mol. The number of rotatable bonds is 1. The van der Waals surface area contributed by atoms with Gasteiger partial charge in [-0.3, -0.25) is 0 Å². The maximum Gasteiger partial charge on any atom is 0.130 e. The van der Waals surface area contributed by atoms with E-state index in [0.717, 1.165) is 16.5 Å². The molecule has 1 aromatic carbocycles. The molecule has 0 amide bonds. The Labute approximate surface area is 92.6 Å². The first-order valence-electron chi connectivity index (χ1n) is 4.95. The van der Waals surface area contributed by atoms with E-state index in [9.17, 15) is 5.11 Å². The molecule has 0 spiro atoms. The van der Waals surface area contributed by atoms with Gasteiger partial charge in [-0.25, -0.2) is 0 Å². The number of phenols is 1. The molecule has 0 bridgehead atoms. The van der Waals surface area contributed by atoms with Crippen LogP contribution in [0.1, 0.15) is 31.2 Å². The number of hydrogen-bond acceptors (Lipinski definition) is 1. The minimum Gasteiger partial charge on any atom is -0.507 e. The standard InChI is InChI=1S/C12H13BrO/c13-11-7-6-10(8-12(11)14)9-4-2-1-3-5-9/h4,6-8,14H,1-3,5H2. The maximum absolute atomic E-state index is 9.56. The molecule has 0 unspecified atom stereocenters. The van der Waals surface area contributed by atoms with Crippen LogP contribution < -0.4 is 0 Å². The van der Waals surface area contributed by atoms with Crippen LogP contribution in [0.2, 0.25) is 0 Å². The first-order valence-corrected chi connectivity index (χ1v) is 5.74. The van der Waals surface area contributed by atoms with Crippen molar-refractivity contribution < 1.29 is 5.11 Å². The third-order valence-electron chi connectivity index (χ3n) is 2.61. The summed E-state index contributed by atoms with van der Waals surface area (Å²) < 4.78 is 0.762. The fraction of sp³-hybridized carbons (Fsp3) is 0.333. The van der Waals surface area contributed by atoms with Crippen LogP contribution in [0.3, 0.4) is 0 Å². The molecule has 2 heteroatoms. The summed E-state index contributed by atoms with van der Waals surface area (Å²) in [4.78, 5) is 0. The monoisotopic (exact) mass is 252 g/mol. The maximum atomic E-state index is 9.56. The molecule has 1 N–H and O–H groups in total. The Balaban J connectivity index is 2.32. The molecular formula is C12H13BrO. The summed E-state index contributed by atoms with van der Waals surface area (Å²) in [6.07, 6.45) is 7.16. The molecule has 1 aliphatic carbocycles. The average Bonchev–Trinajstić information content (AvgIpc) is 2.23. The number of hydrogen-bond donors (Lipinski definition) is 1. The largest absolute Gasteiger partial charge is 0.507 e. The third-order valence-corrected chi connectivity index (χ3v) is 3.28. The quantitative estimate of drug-likeness (QED) is 0.798. The molecule has 74 valence electrons. The van der Waals surface area contributed by atoms with Gasteiger partial charge in [-0.15, -0.1) is 0 Å². The van der Waals surface area contributed by atoms with E-state index < -0.39 is 0 Å². The van der Waals surface area contributed by atoms with E-state index in [2.05, 4.69) is 28.1 Å². The topological polar surface area (TPSA) is 20.2 Å². The Hall–Kier alpha value is -0.760. The van der Waals surface area contributed by atoms with Crippen LogP contribution in [0.5, 0.6) is 5.75 Å². The van der Waals surface area contributed by atoms with Crippen LogP contribution in [-0.2, 0) is 0 Å². The first kappa shape index (κ1) is 9.78. The minimum absolute atomic E-state index is 0.328.